The summed E-state index contributed by atoms with van der Waals surface area (Å²) in [5, 5.41) is 9.50. The number of hydrogen-bond donors (Lipinski definition) is 1. The average molecular weight is 248 g/mol. The predicted octanol–water partition coefficient (Wildman–Crippen LogP) is 1.89. The molecule has 4 nitrogen and oxygen atoms in total. The molecule has 1 aromatic heterocycles. The fourth-order valence-corrected chi connectivity index (χ4v) is 3.02. The average Bonchev–Trinajstić information content (AvgIpc) is 2.87. The van der Waals surface area contributed by atoms with E-state index in [0.717, 1.165) is 24.5 Å². The first-order chi connectivity index (χ1) is 8.75. The third-order valence-corrected chi connectivity index (χ3v) is 4.03. The second-order valence-electron chi connectivity index (χ2n) is 5.23. The Morgan fingerprint density at radius 3 is 3.06 bits per heavy atom. The summed E-state index contributed by atoms with van der Waals surface area (Å²) in [6.45, 7) is 3.47. The van der Waals surface area contributed by atoms with Crippen molar-refractivity contribution in [3.8, 4) is 0 Å². The van der Waals surface area contributed by atoms with Crippen LogP contribution in [0.3, 0.4) is 0 Å². The Kier molecular flexibility index (Phi) is 3.22. The van der Waals surface area contributed by atoms with Crippen molar-refractivity contribution in [3.05, 3.63) is 23.9 Å². The maximum absolute atomic E-state index is 9.50. The fourth-order valence-electron chi connectivity index (χ4n) is 3.02. The quantitative estimate of drug-likeness (QED) is 0.868. The molecule has 1 aromatic rings. The highest BCUT2D eigenvalue weighted by Gasteiger charge is 2.36. The van der Waals surface area contributed by atoms with Crippen molar-refractivity contribution >= 4 is 5.82 Å². The number of fused-ring (bicyclic) bond motifs is 1. The number of aromatic nitrogens is 1. The van der Waals surface area contributed by atoms with E-state index in [4.69, 9.17) is 4.74 Å². The van der Waals surface area contributed by atoms with Gasteiger partial charge in [-0.1, -0.05) is 6.07 Å². The van der Waals surface area contributed by atoms with Crippen LogP contribution in [0.1, 0.15) is 37.9 Å². The van der Waals surface area contributed by atoms with Gasteiger partial charge in [0.2, 0.25) is 0 Å². The van der Waals surface area contributed by atoms with Crippen LogP contribution < -0.4 is 4.90 Å². The van der Waals surface area contributed by atoms with Gasteiger partial charge in [0.25, 0.3) is 0 Å². The molecule has 3 atom stereocenters. The smallest absolute Gasteiger partial charge is 0.128 e. The first kappa shape index (κ1) is 11.9. The van der Waals surface area contributed by atoms with Crippen LogP contribution in [0.5, 0.6) is 0 Å². The van der Waals surface area contributed by atoms with E-state index in [1.807, 2.05) is 12.1 Å². The molecule has 1 saturated heterocycles. The van der Waals surface area contributed by atoms with Crippen molar-refractivity contribution in [1.82, 2.24) is 4.98 Å². The lowest BCUT2D eigenvalue weighted by Gasteiger charge is -2.38. The maximum atomic E-state index is 9.50. The summed E-state index contributed by atoms with van der Waals surface area (Å²) in [5.41, 5.74) is 0.870. The molecule has 98 valence electrons. The first-order valence-corrected chi connectivity index (χ1v) is 6.78. The van der Waals surface area contributed by atoms with E-state index in [9.17, 15) is 5.11 Å². The molecule has 4 heteroatoms. The number of hydrogen-bond acceptors (Lipinski definition) is 4. The van der Waals surface area contributed by atoms with E-state index in [-0.39, 0.29) is 0 Å². The number of morpholine rings is 1. The molecular formula is C14H20N2O2. The Morgan fingerprint density at radius 2 is 2.33 bits per heavy atom. The van der Waals surface area contributed by atoms with Gasteiger partial charge in [-0.3, -0.25) is 0 Å². The highest BCUT2D eigenvalue weighted by Crippen LogP contribution is 2.32. The van der Waals surface area contributed by atoms with Gasteiger partial charge in [0.05, 0.1) is 24.9 Å². The van der Waals surface area contributed by atoms with E-state index in [1.165, 1.54) is 19.3 Å². The van der Waals surface area contributed by atoms with Crippen molar-refractivity contribution in [3.63, 3.8) is 0 Å². The van der Waals surface area contributed by atoms with Crippen LogP contribution in [0.15, 0.2) is 18.3 Å². The summed E-state index contributed by atoms with van der Waals surface area (Å²) < 4.78 is 5.81. The maximum Gasteiger partial charge on any atom is 0.128 e. The van der Waals surface area contributed by atoms with Crippen molar-refractivity contribution in [2.45, 2.75) is 44.4 Å². The summed E-state index contributed by atoms with van der Waals surface area (Å²) >= 11 is 0. The normalized spacial score (nSPS) is 29.1. The molecule has 0 aromatic carbocycles. The third-order valence-electron chi connectivity index (χ3n) is 4.03. The molecule has 1 N–H and O–H groups in total. The van der Waals surface area contributed by atoms with Gasteiger partial charge in [-0.05, 0) is 37.8 Å². The van der Waals surface area contributed by atoms with E-state index in [0.29, 0.717) is 12.1 Å². The Labute approximate surface area is 108 Å². The van der Waals surface area contributed by atoms with Crippen LogP contribution in [0.4, 0.5) is 5.82 Å². The van der Waals surface area contributed by atoms with E-state index in [1.54, 1.807) is 13.1 Å². The number of nitrogens with zero attached hydrogens (tertiary/aromatic N) is 2. The lowest BCUT2D eigenvalue weighted by molar-refractivity contribution is 0.0253. The van der Waals surface area contributed by atoms with Gasteiger partial charge < -0.3 is 14.7 Å². The van der Waals surface area contributed by atoms with Crippen molar-refractivity contribution in [1.29, 1.82) is 0 Å². The summed E-state index contributed by atoms with van der Waals surface area (Å²) in [4.78, 5) is 6.86. The highest BCUT2D eigenvalue weighted by molar-refractivity contribution is 5.42. The van der Waals surface area contributed by atoms with Gasteiger partial charge in [-0.25, -0.2) is 4.98 Å². The summed E-state index contributed by atoms with van der Waals surface area (Å²) in [7, 11) is 0. The first-order valence-electron chi connectivity index (χ1n) is 6.78. The molecule has 0 spiro atoms. The van der Waals surface area contributed by atoms with Crippen molar-refractivity contribution < 1.29 is 9.84 Å². The minimum absolute atomic E-state index is 0.386. The number of pyridine rings is 1. The van der Waals surface area contributed by atoms with Crippen molar-refractivity contribution in [2.24, 2.45) is 0 Å². The molecule has 0 amide bonds. The Morgan fingerprint density at radius 1 is 1.44 bits per heavy atom. The zero-order chi connectivity index (χ0) is 12.5. The molecule has 0 bridgehead atoms. The number of rotatable bonds is 2. The SMILES string of the molecule is C[C@@H](O)c1ccc(N2CCOC3CCCC32)nc1. The summed E-state index contributed by atoms with van der Waals surface area (Å²) in [6.07, 6.45) is 5.33. The molecule has 18 heavy (non-hydrogen) atoms. The van der Waals surface area contributed by atoms with Gasteiger partial charge in [-0.15, -0.1) is 0 Å². The largest absolute Gasteiger partial charge is 0.389 e. The number of ether oxygens (including phenoxy) is 1. The molecule has 3 rings (SSSR count). The lowest BCUT2D eigenvalue weighted by Crippen LogP contribution is -2.49. The van der Waals surface area contributed by atoms with Crippen LogP contribution >= 0.6 is 0 Å². The minimum Gasteiger partial charge on any atom is -0.389 e. The van der Waals surface area contributed by atoms with Gasteiger partial charge in [-0.2, -0.15) is 0 Å². The molecule has 0 radical (unpaired) electrons. The molecule has 2 aliphatic rings. The van der Waals surface area contributed by atoms with Crippen molar-refractivity contribution in [2.75, 3.05) is 18.1 Å². The van der Waals surface area contributed by atoms with E-state index >= 15 is 0 Å². The van der Waals surface area contributed by atoms with Crippen LogP contribution in [0.25, 0.3) is 0 Å². The van der Waals surface area contributed by atoms with E-state index in [2.05, 4.69) is 9.88 Å². The Bertz CT molecular complexity index is 405. The number of aliphatic hydroxyl groups is 1. The topological polar surface area (TPSA) is 45.6 Å². The molecule has 1 aliphatic heterocycles. The molecule has 2 unspecified atom stereocenters. The zero-order valence-electron chi connectivity index (χ0n) is 10.7. The Balaban J connectivity index is 1.80. The standard InChI is InChI=1S/C14H20N2O2/c1-10(17)11-5-6-14(15-9-11)16-7-8-18-13-4-2-3-12(13)16/h5-6,9-10,12-13,17H,2-4,7-8H2,1H3/t10-,12?,13?/m1/s1. The molecule has 2 heterocycles. The minimum atomic E-state index is -0.449. The van der Waals surface area contributed by atoms with Gasteiger partial charge in [0.1, 0.15) is 5.82 Å². The van der Waals surface area contributed by atoms with E-state index < -0.39 is 6.10 Å². The molecular weight excluding hydrogens is 228 g/mol. The zero-order valence-corrected chi connectivity index (χ0v) is 10.7. The van der Waals surface area contributed by atoms with Crippen LogP contribution in [-0.4, -0.2) is 35.4 Å². The monoisotopic (exact) mass is 248 g/mol. The van der Waals surface area contributed by atoms with Gasteiger partial charge in [0, 0.05) is 12.7 Å². The highest BCUT2D eigenvalue weighted by atomic mass is 16.5. The predicted molar refractivity (Wildman–Crippen MR) is 69.6 cm³/mol. The van der Waals surface area contributed by atoms with Crippen LogP contribution in [0.2, 0.25) is 0 Å². The van der Waals surface area contributed by atoms with Gasteiger partial charge >= 0.3 is 0 Å². The lowest BCUT2D eigenvalue weighted by atomic mass is 10.1. The van der Waals surface area contributed by atoms with Crippen LogP contribution in [-0.2, 0) is 4.74 Å². The number of anilines is 1. The second-order valence-corrected chi connectivity index (χ2v) is 5.23. The Hall–Kier alpha value is -1.13. The summed E-state index contributed by atoms with van der Waals surface area (Å²) in [5.74, 6) is 1.01. The molecule has 1 aliphatic carbocycles. The second kappa shape index (κ2) is 4.86. The number of aliphatic hydroxyl groups excluding tert-OH is 1. The third kappa shape index (κ3) is 2.10. The molecule has 2 fully saturated rings. The van der Waals surface area contributed by atoms with Crippen LogP contribution in [0, 0.1) is 0 Å². The van der Waals surface area contributed by atoms with Gasteiger partial charge in [0.15, 0.2) is 0 Å². The fraction of sp³-hybridized carbons (Fsp3) is 0.643. The molecule has 1 saturated carbocycles. The summed E-state index contributed by atoms with van der Waals surface area (Å²) in [6, 6.07) is 4.47.